The summed E-state index contributed by atoms with van der Waals surface area (Å²) in [5.41, 5.74) is 1.79. The molecule has 0 aliphatic rings. The van der Waals surface area contributed by atoms with E-state index in [9.17, 15) is 4.39 Å². The van der Waals surface area contributed by atoms with Crippen LogP contribution >= 0.6 is 0 Å². The van der Waals surface area contributed by atoms with Gasteiger partial charge in [0.05, 0.1) is 13.3 Å². The molecule has 0 amide bonds. The minimum Gasteiger partial charge on any atom is -0.497 e. The van der Waals surface area contributed by atoms with Gasteiger partial charge < -0.3 is 15.4 Å². The molecule has 6 nitrogen and oxygen atoms in total. The van der Waals surface area contributed by atoms with E-state index < -0.39 is 0 Å². The van der Waals surface area contributed by atoms with Crippen LogP contribution in [0.2, 0.25) is 0 Å². The van der Waals surface area contributed by atoms with E-state index in [1.54, 1.807) is 19.2 Å². The number of hydrogen-bond acceptors (Lipinski definition) is 6. The van der Waals surface area contributed by atoms with Gasteiger partial charge in [-0.2, -0.15) is 10.1 Å². The Morgan fingerprint density at radius 1 is 1.04 bits per heavy atom. The van der Waals surface area contributed by atoms with E-state index in [1.807, 2.05) is 24.3 Å². The summed E-state index contributed by atoms with van der Waals surface area (Å²) in [7, 11) is 1.63. The van der Waals surface area contributed by atoms with E-state index in [-0.39, 0.29) is 5.82 Å². The van der Waals surface area contributed by atoms with Crippen LogP contribution in [0.5, 0.6) is 5.75 Å². The van der Waals surface area contributed by atoms with E-state index >= 15 is 0 Å². The molecule has 0 bridgehead atoms. The van der Waals surface area contributed by atoms with Crippen molar-refractivity contribution in [1.82, 2.24) is 15.2 Å². The van der Waals surface area contributed by atoms with Gasteiger partial charge in [0.2, 0.25) is 5.95 Å². The van der Waals surface area contributed by atoms with Crippen LogP contribution in [0.1, 0.15) is 5.56 Å². The molecule has 1 heterocycles. The molecule has 0 unspecified atom stereocenters. The molecular weight excluding hydrogens is 309 g/mol. The van der Waals surface area contributed by atoms with Crippen LogP contribution in [0.3, 0.4) is 0 Å². The fourth-order valence-corrected chi connectivity index (χ4v) is 2.04. The van der Waals surface area contributed by atoms with Crippen molar-refractivity contribution in [3.05, 3.63) is 66.1 Å². The SMILES string of the molecule is COc1ccc(CNc2nncc(Nc3ccc(F)cc3)n2)cc1. The Morgan fingerprint density at radius 3 is 2.50 bits per heavy atom. The summed E-state index contributed by atoms with van der Waals surface area (Å²) < 4.78 is 18.0. The summed E-state index contributed by atoms with van der Waals surface area (Å²) in [5, 5.41) is 14.0. The highest BCUT2D eigenvalue weighted by molar-refractivity contribution is 5.55. The maximum absolute atomic E-state index is 12.9. The maximum Gasteiger partial charge on any atom is 0.244 e. The molecular formula is C17H16FN5O. The van der Waals surface area contributed by atoms with Crippen LogP contribution in [0, 0.1) is 5.82 Å². The number of nitrogens with one attached hydrogen (secondary N) is 2. The third-order valence-electron chi connectivity index (χ3n) is 3.29. The van der Waals surface area contributed by atoms with Crippen LogP contribution in [-0.2, 0) is 6.54 Å². The van der Waals surface area contributed by atoms with E-state index in [2.05, 4.69) is 25.8 Å². The molecule has 122 valence electrons. The average Bonchev–Trinajstić information content (AvgIpc) is 2.63. The summed E-state index contributed by atoms with van der Waals surface area (Å²) in [5.74, 6) is 1.44. The molecule has 0 aliphatic carbocycles. The van der Waals surface area contributed by atoms with Gasteiger partial charge in [-0.25, -0.2) is 4.39 Å². The fourth-order valence-electron chi connectivity index (χ4n) is 2.04. The van der Waals surface area contributed by atoms with Gasteiger partial charge in [-0.15, -0.1) is 5.10 Å². The second-order valence-corrected chi connectivity index (χ2v) is 5.00. The molecule has 24 heavy (non-hydrogen) atoms. The number of halogens is 1. The monoisotopic (exact) mass is 325 g/mol. The molecule has 7 heteroatoms. The van der Waals surface area contributed by atoms with Crippen molar-refractivity contribution in [2.75, 3.05) is 17.7 Å². The first-order valence-corrected chi connectivity index (χ1v) is 7.32. The Morgan fingerprint density at radius 2 is 1.79 bits per heavy atom. The summed E-state index contributed by atoms with van der Waals surface area (Å²) in [6, 6.07) is 13.7. The molecule has 2 aromatic carbocycles. The van der Waals surface area contributed by atoms with Crippen molar-refractivity contribution >= 4 is 17.5 Å². The number of ether oxygens (including phenoxy) is 1. The highest BCUT2D eigenvalue weighted by Crippen LogP contribution is 2.15. The molecule has 0 saturated heterocycles. The largest absolute Gasteiger partial charge is 0.497 e. The average molecular weight is 325 g/mol. The lowest BCUT2D eigenvalue weighted by Crippen LogP contribution is -2.06. The first-order chi connectivity index (χ1) is 11.7. The summed E-state index contributed by atoms with van der Waals surface area (Å²) in [4.78, 5) is 4.32. The predicted octanol–water partition coefficient (Wildman–Crippen LogP) is 3.38. The molecule has 0 spiro atoms. The first-order valence-electron chi connectivity index (χ1n) is 7.32. The van der Waals surface area contributed by atoms with Crippen molar-refractivity contribution < 1.29 is 9.13 Å². The number of hydrogen-bond donors (Lipinski definition) is 2. The smallest absolute Gasteiger partial charge is 0.244 e. The van der Waals surface area contributed by atoms with Gasteiger partial charge in [0, 0.05) is 12.2 Å². The Bertz CT molecular complexity index is 793. The van der Waals surface area contributed by atoms with Crippen molar-refractivity contribution in [3.63, 3.8) is 0 Å². The molecule has 0 aliphatic heterocycles. The lowest BCUT2D eigenvalue weighted by Gasteiger charge is -2.08. The zero-order valence-electron chi connectivity index (χ0n) is 13.0. The van der Waals surface area contributed by atoms with E-state index in [0.717, 1.165) is 17.0 Å². The Hall–Kier alpha value is -3.22. The number of nitrogens with zero attached hydrogens (tertiary/aromatic N) is 3. The Kier molecular flexibility index (Phi) is 4.81. The summed E-state index contributed by atoms with van der Waals surface area (Å²) in [6.07, 6.45) is 1.50. The number of aromatic nitrogens is 3. The lowest BCUT2D eigenvalue weighted by atomic mass is 10.2. The quantitative estimate of drug-likeness (QED) is 0.724. The molecule has 0 atom stereocenters. The van der Waals surface area contributed by atoms with Crippen molar-refractivity contribution in [2.24, 2.45) is 0 Å². The zero-order chi connectivity index (χ0) is 16.8. The normalized spacial score (nSPS) is 10.2. The molecule has 0 radical (unpaired) electrons. The van der Waals surface area contributed by atoms with Gasteiger partial charge in [-0.3, -0.25) is 0 Å². The molecule has 3 aromatic rings. The Balaban J connectivity index is 1.63. The van der Waals surface area contributed by atoms with Crippen molar-refractivity contribution in [1.29, 1.82) is 0 Å². The van der Waals surface area contributed by atoms with Crippen LogP contribution in [-0.4, -0.2) is 22.3 Å². The van der Waals surface area contributed by atoms with Gasteiger partial charge in [0.15, 0.2) is 5.82 Å². The van der Waals surface area contributed by atoms with Crippen LogP contribution in [0.4, 0.5) is 21.8 Å². The van der Waals surface area contributed by atoms with Crippen LogP contribution in [0.25, 0.3) is 0 Å². The molecule has 1 aromatic heterocycles. The minimum atomic E-state index is -0.289. The minimum absolute atomic E-state index is 0.289. The molecule has 0 saturated carbocycles. The van der Waals surface area contributed by atoms with Gasteiger partial charge >= 0.3 is 0 Å². The zero-order valence-corrected chi connectivity index (χ0v) is 13.0. The molecule has 3 rings (SSSR count). The third kappa shape index (κ3) is 4.16. The van der Waals surface area contributed by atoms with Gasteiger partial charge in [0.1, 0.15) is 11.6 Å². The number of benzene rings is 2. The number of rotatable bonds is 6. The van der Waals surface area contributed by atoms with Crippen molar-refractivity contribution in [2.45, 2.75) is 6.54 Å². The molecule has 0 fully saturated rings. The number of anilines is 3. The van der Waals surface area contributed by atoms with E-state index in [0.29, 0.717) is 18.3 Å². The lowest BCUT2D eigenvalue weighted by molar-refractivity contribution is 0.414. The summed E-state index contributed by atoms with van der Waals surface area (Å²) >= 11 is 0. The van der Waals surface area contributed by atoms with Crippen molar-refractivity contribution in [3.8, 4) is 5.75 Å². The van der Waals surface area contributed by atoms with Gasteiger partial charge in [0.25, 0.3) is 0 Å². The number of methoxy groups -OCH3 is 1. The topological polar surface area (TPSA) is 72.0 Å². The van der Waals surface area contributed by atoms with Crippen LogP contribution < -0.4 is 15.4 Å². The van der Waals surface area contributed by atoms with E-state index in [4.69, 9.17) is 4.74 Å². The Labute approximate surface area is 138 Å². The third-order valence-corrected chi connectivity index (χ3v) is 3.29. The predicted molar refractivity (Wildman–Crippen MR) is 89.8 cm³/mol. The highest BCUT2D eigenvalue weighted by Gasteiger charge is 2.02. The van der Waals surface area contributed by atoms with Crippen LogP contribution in [0.15, 0.2) is 54.7 Å². The highest BCUT2D eigenvalue weighted by atomic mass is 19.1. The van der Waals surface area contributed by atoms with E-state index in [1.165, 1.54) is 18.3 Å². The van der Waals surface area contributed by atoms with Gasteiger partial charge in [-0.05, 0) is 42.0 Å². The maximum atomic E-state index is 12.9. The second kappa shape index (κ2) is 7.36. The first kappa shape index (κ1) is 15.7. The molecule has 2 N–H and O–H groups in total. The summed E-state index contributed by atoms with van der Waals surface area (Å²) in [6.45, 7) is 0.561. The fraction of sp³-hybridized carbons (Fsp3) is 0.118. The standard InChI is InChI=1S/C17H16FN5O/c1-24-15-8-2-12(3-9-15)10-19-17-22-16(11-20-23-17)21-14-6-4-13(18)5-7-14/h2-9,11H,10H2,1H3,(H2,19,21,22,23). The van der Waals surface area contributed by atoms with Gasteiger partial charge in [-0.1, -0.05) is 12.1 Å². The second-order valence-electron chi connectivity index (χ2n) is 5.00.